The second-order valence-electron chi connectivity index (χ2n) is 5.04. The number of anilines is 1. The van der Waals surface area contributed by atoms with Crippen molar-refractivity contribution >= 4 is 23.5 Å². The molecule has 118 valence electrons. The van der Waals surface area contributed by atoms with Gasteiger partial charge in [-0.3, -0.25) is 0 Å². The third-order valence-corrected chi connectivity index (χ3v) is 3.75. The van der Waals surface area contributed by atoms with Crippen molar-refractivity contribution in [1.29, 1.82) is 0 Å². The normalized spacial score (nSPS) is 16.5. The maximum atomic E-state index is 12.5. The molecular weight excluding hydrogens is 316 g/mol. The largest absolute Gasteiger partial charge is 0.458 e. The van der Waals surface area contributed by atoms with E-state index in [0.717, 1.165) is 5.56 Å². The summed E-state index contributed by atoms with van der Waals surface area (Å²) in [5.74, 6) is 0.133. The lowest BCUT2D eigenvalue weighted by Crippen LogP contribution is -2.29. The molecule has 2 aromatic rings. The maximum absolute atomic E-state index is 12.5. The summed E-state index contributed by atoms with van der Waals surface area (Å²) in [6, 6.07) is 6.85. The Bertz CT molecular complexity index is 797. The number of hydrogen-bond donors (Lipinski definition) is 1. The van der Waals surface area contributed by atoms with Crippen molar-refractivity contribution in [2.45, 2.75) is 13.0 Å². The number of fused-ring (bicyclic) bond motifs is 1. The van der Waals surface area contributed by atoms with E-state index in [0.29, 0.717) is 22.2 Å². The highest BCUT2D eigenvalue weighted by Crippen LogP contribution is 2.35. The molecule has 0 aliphatic carbocycles. The standard InChI is InChI=1S/C16H15ClN4O2/c1-3-7-23-15(22)13-10(2)20-16-18-9-19-21(16)14(13)11-5-4-6-12(17)8-11/h3-6,8-9,14H,1,7H2,2H3,(H,18,19,20)/t14-/m0/s1. The Kier molecular flexibility index (Phi) is 4.16. The number of ether oxygens (including phenoxy) is 1. The van der Waals surface area contributed by atoms with Gasteiger partial charge >= 0.3 is 5.97 Å². The van der Waals surface area contributed by atoms with Gasteiger partial charge in [-0.1, -0.05) is 36.4 Å². The van der Waals surface area contributed by atoms with Crippen LogP contribution in [0.4, 0.5) is 5.95 Å². The number of hydrogen-bond acceptors (Lipinski definition) is 5. The molecule has 1 aromatic heterocycles. The Morgan fingerprint density at radius 2 is 2.39 bits per heavy atom. The highest BCUT2D eigenvalue weighted by molar-refractivity contribution is 6.30. The van der Waals surface area contributed by atoms with Crippen molar-refractivity contribution < 1.29 is 9.53 Å². The van der Waals surface area contributed by atoms with E-state index in [9.17, 15) is 4.79 Å². The third-order valence-electron chi connectivity index (χ3n) is 3.51. The van der Waals surface area contributed by atoms with Crippen LogP contribution in [0.3, 0.4) is 0 Å². The first-order valence-corrected chi connectivity index (χ1v) is 7.40. The Hall–Kier alpha value is -2.60. The number of allylic oxidation sites excluding steroid dienone is 1. The molecule has 1 atom stereocenters. The minimum absolute atomic E-state index is 0.141. The van der Waals surface area contributed by atoms with Gasteiger partial charge in [0.25, 0.3) is 0 Å². The molecular formula is C16H15ClN4O2. The monoisotopic (exact) mass is 330 g/mol. The molecule has 0 fully saturated rings. The van der Waals surface area contributed by atoms with Crippen LogP contribution in [0.15, 0.2) is 54.5 Å². The van der Waals surface area contributed by atoms with Crippen LogP contribution in [0.1, 0.15) is 18.5 Å². The van der Waals surface area contributed by atoms with Crippen molar-refractivity contribution in [2.24, 2.45) is 0 Å². The van der Waals surface area contributed by atoms with Crippen molar-refractivity contribution in [1.82, 2.24) is 14.8 Å². The Morgan fingerprint density at radius 3 is 3.13 bits per heavy atom. The van der Waals surface area contributed by atoms with Gasteiger partial charge in [-0.15, -0.1) is 0 Å². The second kappa shape index (κ2) is 6.26. The third kappa shape index (κ3) is 2.85. The summed E-state index contributed by atoms with van der Waals surface area (Å²) in [5.41, 5.74) is 1.97. The summed E-state index contributed by atoms with van der Waals surface area (Å²) in [7, 11) is 0. The first kappa shape index (κ1) is 15.3. The van der Waals surface area contributed by atoms with Gasteiger partial charge in [-0.2, -0.15) is 10.1 Å². The van der Waals surface area contributed by atoms with Crippen LogP contribution in [-0.4, -0.2) is 27.3 Å². The molecule has 6 nitrogen and oxygen atoms in total. The van der Waals surface area contributed by atoms with Crippen LogP contribution in [0.5, 0.6) is 0 Å². The van der Waals surface area contributed by atoms with E-state index in [4.69, 9.17) is 16.3 Å². The van der Waals surface area contributed by atoms with Gasteiger partial charge in [0.05, 0.1) is 5.57 Å². The van der Waals surface area contributed by atoms with Crippen LogP contribution in [0.25, 0.3) is 0 Å². The SMILES string of the molecule is C=CCOC(=O)C1=C(C)Nc2ncnn2[C@H]1c1cccc(Cl)c1. The van der Waals surface area contributed by atoms with Crippen LogP contribution >= 0.6 is 11.6 Å². The fourth-order valence-corrected chi connectivity index (χ4v) is 2.75. The molecule has 0 amide bonds. The van der Waals surface area contributed by atoms with E-state index in [2.05, 4.69) is 22.0 Å². The zero-order valence-electron chi connectivity index (χ0n) is 12.5. The molecule has 23 heavy (non-hydrogen) atoms. The van der Waals surface area contributed by atoms with Gasteiger partial charge in [0, 0.05) is 10.7 Å². The Labute approximate surface area is 138 Å². The molecule has 0 spiro atoms. The molecule has 3 rings (SSSR count). The lowest BCUT2D eigenvalue weighted by molar-refractivity contribution is -0.138. The zero-order valence-corrected chi connectivity index (χ0v) is 13.2. The summed E-state index contributed by atoms with van der Waals surface area (Å²) in [6.45, 7) is 5.51. The molecule has 1 aliphatic heterocycles. The summed E-state index contributed by atoms with van der Waals surface area (Å²) in [4.78, 5) is 16.7. The van der Waals surface area contributed by atoms with Gasteiger partial charge in [0.2, 0.25) is 5.95 Å². The number of carbonyl (C=O) groups is 1. The van der Waals surface area contributed by atoms with Crippen molar-refractivity contribution in [3.63, 3.8) is 0 Å². The first-order chi connectivity index (χ1) is 11.1. The van der Waals surface area contributed by atoms with E-state index >= 15 is 0 Å². The van der Waals surface area contributed by atoms with Gasteiger partial charge in [0.1, 0.15) is 19.0 Å². The number of nitrogens with one attached hydrogen (secondary N) is 1. The first-order valence-electron chi connectivity index (χ1n) is 7.02. The van der Waals surface area contributed by atoms with Gasteiger partial charge in [-0.05, 0) is 24.6 Å². The molecule has 0 saturated carbocycles. The summed E-state index contributed by atoms with van der Waals surface area (Å²) in [5, 5.41) is 7.88. The minimum atomic E-state index is -0.454. The molecule has 1 N–H and O–H groups in total. The average molecular weight is 331 g/mol. The van der Waals surface area contributed by atoms with E-state index in [1.54, 1.807) is 23.7 Å². The average Bonchev–Trinajstić information content (AvgIpc) is 2.99. The Balaban J connectivity index is 2.10. The summed E-state index contributed by atoms with van der Waals surface area (Å²) < 4.78 is 6.87. The van der Waals surface area contributed by atoms with Crippen LogP contribution < -0.4 is 5.32 Å². The zero-order chi connectivity index (χ0) is 16.4. The number of benzene rings is 1. The molecule has 1 aromatic carbocycles. The van der Waals surface area contributed by atoms with Crippen LogP contribution in [0.2, 0.25) is 5.02 Å². The molecule has 2 heterocycles. The topological polar surface area (TPSA) is 69.0 Å². The predicted octanol–water partition coefficient (Wildman–Crippen LogP) is 2.95. The van der Waals surface area contributed by atoms with E-state index in [1.165, 1.54) is 12.4 Å². The number of halogens is 1. The predicted molar refractivity (Wildman–Crippen MR) is 87.1 cm³/mol. The molecule has 7 heteroatoms. The molecule has 0 unspecified atom stereocenters. The lowest BCUT2D eigenvalue weighted by Gasteiger charge is -2.28. The van der Waals surface area contributed by atoms with Crippen LogP contribution in [0, 0.1) is 0 Å². The van der Waals surface area contributed by atoms with Crippen molar-refractivity contribution in [2.75, 3.05) is 11.9 Å². The number of aromatic nitrogens is 3. The maximum Gasteiger partial charge on any atom is 0.338 e. The van der Waals surface area contributed by atoms with Crippen LogP contribution in [-0.2, 0) is 9.53 Å². The van der Waals surface area contributed by atoms with Crippen molar-refractivity contribution in [3.05, 3.63) is 65.1 Å². The van der Waals surface area contributed by atoms with Crippen molar-refractivity contribution in [3.8, 4) is 0 Å². The molecule has 0 bridgehead atoms. The summed E-state index contributed by atoms with van der Waals surface area (Å²) in [6.07, 6.45) is 2.96. The van der Waals surface area contributed by atoms with Gasteiger partial charge in [-0.25, -0.2) is 9.48 Å². The van der Waals surface area contributed by atoms with E-state index in [-0.39, 0.29) is 6.61 Å². The molecule has 1 aliphatic rings. The van der Waals surface area contributed by atoms with E-state index in [1.807, 2.05) is 12.1 Å². The quantitative estimate of drug-likeness (QED) is 0.689. The number of esters is 1. The number of rotatable bonds is 4. The number of carbonyl (C=O) groups excluding carboxylic acids is 1. The lowest BCUT2D eigenvalue weighted by atomic mass is 9.96. The summed E-state index contributed by atoms with van der Waals surface area (Å²) >= 11 is 6.11. The second-order valence-corrected chi connectivity index (χ2v) is 5.47. The number of nitrogens with zero attached hydrogens (tertiary/aromatic N) is 3. The minimum Gasteiger partial charge on any atom is -0.458 e. The fraction of sp³-hybridized carbons (Fsp3) is 0.188. The highest BCUT2D eigenvalue weighted by Gasteiger charge is 2.34. The van der Waals surface area contributed by atoms with Gasteiger partial charge in [0.15, 0.2) is 0 Å². The Morgan fingerprint density at radius 1 is 1.57 bits per heavy atom. The molecule has 0 radical (unpaired) electrons. The highest BCUT2D eigenvalue weighted by atomic mass is 35.5. The molecule has 0 saturated heterocycles. The smallest absolute Gasteiger partial charge is 0.338 e. The fourth-order valence-electron chi connectivity index (χ4n) is 2.55. The van der Waals surface area contributed by atoms with E-state index < -0.39 is 12.0 Å². The van der Waals surface area contributed by atoms with Gasteiger partial charge < -0.3 is 10.1 Å².